The van der Waals surface area contributed by atoms with Crippen molar-refractivity contribution in [3.8, 4) is 17.0 Å². The number of aromatic nitrogens is 2. The summed E-state index contributed by atoms with van der Waals surface area (Å²) in [5, 5.41) is 7.54. The fourth-order valence-corrected chi connectivity index (χ4v) is 7.36. The van der Waals surface area contributed by atoms with E-state index in [1.54, 1.807) is 49.4 Å². The van der Waals surface area contributed by atoms with Gasteiger partial charge in [0.25, 0.3) is 5.91 Å². The van der Waals surface area contributed by atoms with E-state index in [0.717, 1.165) is 5.56 Å². The highest BCUT2D eigenvalue weighted by Gasteiger charge is 2.41. The minimum Gasteiger partial charge on any atom is -0.435 e. The van der Waals surface area contributed by atoms with Crippen molar-refractivity contribution in [1.29, 1.82) is 0 Å². The average molecular weight is 544 g/mol. The van der Waals surface area contributed by atoms with E-state index in [0.29, 0.717) is 41.8 Å². The van der Waals surface area contributed by atoms with E-state index in [-0.39, 0.29) is 35.5 Å². The molecule has 1 saturated heterocycles. The summed E-state index contributed by atoms with van der Waals surface area (Å²) in [6.07, 6.45) is 1.47. The molecule has 0 radical (unpaired) electrons. The lowest BCUT2D eigenvalue weighted by Crippen LogP contribution is -2.50. The van der Waals surface area contributed by atoms with Gasteiger partial charge < -0.3 is 10.1 Å². The molecule has 8 nitrogen and oxygen atoms in total. The Morgan fingerprint density at radius 2 is 1.92 bits per heavy atom. The highest BCUT2D eigenvalue weighted by Crippen LogP contribution is 2.36. The van der Waals surface area contributed by atoms with E-state index in [1.165, 1.54) is 16.8 Å². The Bertz CT molecular complexity index is 1490. The molecule has 2 atom stereocenters. The van der Waals surface area contributed by atoms with E-state index in [4.69, 9.17) is 0 Å². The molecule has 2 aromatic carbocycles. The molecule has 2 heterocycles. The first kappa shape index (κ1) is 26.0. The smallest absolute Gasteiger partial charge is 0.387 e. The number of amides is 1. The molecule has 200 valence electrons. The molecule has 1 fully saturated rings. The summed E-state index contributed by atoms with van der Waals surface area (Å²) < 4.78 is 55.4. The molecular formula is C27H27F2N3O5S. The molecule has 0 saturated carbocycles. The number of halogens is 2. The zero-order chi connectivity index (χ0) is 27.1. The van der Waals surface area contributed by atoms with Crippen LogP contribution in [-0.4, -0.2) is 53.7 Å². The van der Waals surface area contributed by atoms with Gasteiger partial charge in [-0.25, -0.2) is 8.42 Å². The maximum Gasteiger partial charge on any atom is 0.387 e. The summed E-state index contributed by atoms with van der Waals surface area (Å²) in [7, 11) is -3.20. The van der Waals surface area contributed by atoms with Crippen LogP contribution >= 0.6 is 0 Å². The van der Waals surface area contributed by atoms with Gasteiger partial charge >= 0.3 is 6.61 Å². The van der Waals surface area contributed by atoms with E-state index in [2.05, 4.69) is 15.2 Å². The third-order valence-corrected chi connectivity index (χ3v) is 9.02. The van der Waals surface area contributed by atoms with Crippen LogP contribution in [0.25, 0.3) is 11.3 Å². The van der Waals surface area contributed by atoms with Gasteiger partial charge in [-0.05, 0) is 50.5 Å². The summed E-state index contributed by atoms with van der Waals surface area (Å²) in [5.74, 6) is -1.21. The van der Waals surface area contributed by atoms with Gasteiger partial charge in [0, 0.05) is 29.0 Å². The van der Waals surface area contributed by atoms with Crippen LogP contribution in [0, 0.1) is 5.92 Å². The highest BCUT2D eigenvalue weighted by atomic mass is 32.2. The molecule has 11 heteroatoms. The van der Waals surface area contributed by atoms with Gasteiger partial charge in [-0.15, -0.1) is 0 Å². The van der Waals surface area contributed by atoms with Gasteiger partial charge in [-0.1, -0.05) is 30.3 Å². The lowest BCUT2D eigenvalue weighted by atomic mass is 9.84. The largest absolute Gasteiger partial charge is 0.435 e. The van der Waals surface area contributed by atoms with Gasteiger partial charge in [0.2, 0.25) is 5.91 Å². The fourth-order valence-electron chi connectivity index (χ4n) is 5.27. The van der Waals surface area contributed by atoms with Crippen LogP contribution in [0.15, 0.2) is 54.6 Å². The summed E-state index contributed by atoms with van der Waals surface area (Å²) in [4.78, 5) is 26.7. The molecule has 0 bridgehead atoms. The molecule has 0 unspecified atom stereocenters. The number of hydrogen-bond donors (Lipinski definition) is 1. The second kappa shape index (κ2) is 9.94. The minimum absolute atomic E-state index is 0.0250. The van der Waals surface area contributed by atoms with Crippen molar-refractivity contribution < 1.29 is 31.5 Å². The average Bonchev–Trinajstić information content (AvgIpc) is 3.39. The summed E-state index contributed by atoms with van der Waals surface area (Å²) in [6.45, 7) is -1.24. The van der Waals surface area contributed by atoms with Gasteiger partial charge in [0.1, 0.15) is 5.75 Å². The van der Waals surface area contributed by atoms with Gasteiger partial charge in [-0.3, -0.25) is 9.59 Å². The molecule has 2 aliphatic rings. The van der Waals surface area contributed by atoms with Crippen LogP contribution in [0.3, 0.4) is 0 Å². The third-order valence-electron chi connectivity index (χ3n) is 7.12. The second-order valence-corrected chi connectivity index (χ2v) is 12.3. The maximum absolute atomic E-state index is 13.5. The van der Waals surface area contributed by atoms with Crippen molar-refractivity contribution in [2.24, 2.45) is 5.92 Å². The maximum atomic E-state index is 13.5. The Morgan fingerprint density at radius 3 is 2.61 bits per heavy atom. The predicted octanol–water partition coefficient (Wildman–Crippen LogP) is 3.64. The standard InChI is InChI=1S/C27H27F2N3O5S/c1-27(12-13-38(35,36)16-27)30-24(33)19-10-11-21-22(15-19)32(25(34)17-6-3-2-4-7-17)31-23(21)18-8-5-9-20(14-18)37-26(28)29/h2-9,14,19,26H,10-13,15-16H2,1H3,(H,30,33)/t19-,27+/m1/s1. The highest BCUT2D eigenvalue weighted by molar-refractivity contribution is 7.91. The van der Waals surface area contributed by atoms with Crippen LogP contribution in [-0.2, 0) is 27.5 Å². The van der Waals surface area contributed by atoms with Crippen molar-refractivity contribution in [2.75, 3.05) is 11.5 Å². The number of carbonyl (C=O) groups is 2. The molecule has 3 aromatic rings. The lowest BCUT2D eigenvalue weighted by Gasteiger charge is -2.29. The van der Waals surface area contributed by atoms with Crippen molar-refractivity contribution in [2.45, 2.75) is 44.8 Å². The van der Waals surface area contributed by atoms with Crippen LogP contribution in [0.2, 0.25) is 0 Å². The fraction of sp³-hybridized carbons (Fsp3) is 0.370. The van der Waals surface area contributed by atoms with E-state index in [1.807, 2.05) is 0 Å². The zero-order valence-corrected chi connectivity index (χ0v) is 21.5. The number of alkyl halides is 2. The first-order valence-corrected chi connectivity index (χ1v) is 14.1. The van der Waals surface area contributed by atoms with Crippen molar-refractivity contribution in [1.82, 2.24) is 15.1 Å². The molecule has 38 heavy (non-hydrogen) atoms. The van der Waals surface area contributed by atoms with Crippen LogP contribution < -0.4 is 10.1 Å². The Balaban J connectivity index is 1.49. The van der Waals surface area contributed by atoms with E-state index < -0.39 is 27.9 Å². The number of benzene rings is 2. The second-order valence-electron chi connectivity index (χ2n) is 10.1. The van der Waals surface area contributed by atoms with Gasteiger partial charge in [0.15, 0.2) is 9.84 Å². The molecule has 1 aromatic heterocycles. The SMILES string of the molecule is C[C@]1(NC(=O)[C@@H]2CCc3c(-c4cccc(OC(F)F)c4)nn(C(=O)c4ccccc4)c3C2)CCS(=O)(=O)C1. The van der Waals surface area contributed by atoms with Crippen LogP contribution in [0.1, 0.15) is 41.4 Å². The Labute approximate surface area is 218 Å². The molecule has 1 N–H and O–H groups in total. The first-order chi connectivity index (χ1) is 18.0. The number of nitrogens with zero attached hydrogens (tertiary/aromatic N) is 2. The summed E-state index contributed by atoms with van der Waals surface area (Å²) in [5.41, 5.74) is 1.91. The minimum atomic E-state index is -3.20. The van der Waals surface area contributed by atoms with Crippen molar-refractivity contribution in [3.05, 3.63) is 71.4 Å². The number of nitrogens with one attached hydrogen (secondary N) is 1. The quantitative estimate of drug-likeness (QED) is 0.509. The number of carbonyl (C=O) groups excluding carboxylic acids is 2. The van der Waals surface area contributed by atoms with E-state index >= 15 is 0 Å². The molecule has 5 rings (SSSR count). The Morgan fingerprint density at radius 1 is 1.16 bits per heavy atom. The molecule has 1 aliphatic carbocycles. The van der Waals surface area contributed by atoms with Crippen LogP contribution in [0.4, 0.5) is 8.78 Å². The topological polar surface area (TPSA) is 107 Å². The lowest BCUT2D eigenvalue weighted by molar-refractivity contribution is -0.126. The van der Waals surface area contributed by atoms with Gasteiger partial charge in [-0.2, -0.15) is 18.6 Å². The molecule has 0 spiro atoms. The molecule has 1 amide bonds. The van der Waals surface area contributed by atoms with Crippen molar-refractivity contribution >= 4 is 21.7 Å². The summed E-state index contributed by atoms with van der Waals surface area (Å²) >= 11 is 0. The number of rotatable bonds is 6. The monoisotopic (exact) mass is 543 g/mol. The molecular weight excluding hydrogens is 516 g/mol. The summed E-state index contributed by atoms with van der Waals surface area (Å²) in [6, 6.07) is 14.8. The Hall–Kier alpha value is -3.60. The number of fused-ring (bicyclic) bond motifs is 1. The zero-order valence-electron chi connectivity index (χ0n) is 20.7. The molecule has 1 aliphatic heterocycles. The Kier molecular flexibility index (Phi) is 6.81. The number of hydrogen-bond acceptors (Lipinski definition) is 6. The third kappa shape index (κ3) is 5.33. The normalized spacial score (nSPS) is 22.2. The van der Waals surface area contributed by atoms with Crippen LogP contribution in [0.5, 0.6) is 5.75 Å². The number of ether oxygens (including phenoxy) is 1. The van der Waals surface area contributed by atoms with Crippen molar-refractivity contribution in [3.63, 3.8) is 0 Å². The first-order valence-electron chi connectivity index (χ1n) is 12.3. The number of sulfone groups is 1. The predicted molar refractivity (Wildman–Crippen MR) is 136 cm³/mol. The van der Waals surface area contributed by atoms with Gasteiger partial charge in [0.05, 0.1) is 28.4 Å². The van der Waals surface area contributed by atoms with E-state index in [9.17, 15) is 26.8 Å².